The molecule has 0 aliphatic carbocycles. The van der Waals surface area contributed by atoms with Gasteiger partial charge in [0.15, 0.2) is 0 Å². The normalized spacial score (nSPS) is 11.4. The Morgan fingerprint density at radius 1 is 0.962 bits per heavy atom. The minimum absolute atomic E-state index is 0.286. The average Bonchev–Trinajstić information content (AvgIpc) is 2.67. The van der Waals surface area contributed by atoms with Crippen LogP contribution in [0.1, 0.15) is 17.0 Å². The maximum Gasteiger partial charge on any atom is 0.132 e. The van der Waals surface area contributed by atoms with Crippen LogP contribution < -0.4 is 4.74 Å². The van der Waals surface area contributed by atoms with Crippen molar-refractivity contribution in [3.63, 3.8) is 0 Å². The minimum atomic E-state index is 0.286. The minimum Gasteiger partial charge on any atom is -0.487 e. The van der Waals surface area contributed by atoms with Crippen LogP contribution in [0.4, 0.5) is 0 Å². The molecule has 5 nitrogen and oxygen atoms in total. The van der Waals surface area contributed by atoms with Crippen molar-refractivity contribution in [2.45, 2.75) is 13.5 Å². The van der Waals surface area contributed by atoms with Crippen molar-refractivity contribution in [2.75, 3.05) is 0 Å². The van der Waals surface area contributed by atoms with Crippen LogP contribution in [-0.2, 0) is 6.61 Å². The fraction of sp³-hybridized carbons (Fsp3) is 0.0952. The number of hydrogen-bond acceptors (Lipinski definition) is 5. The summed E-state index contributed by atoms with van der Waals surface area (Å²) in [5.74, 6) is 0.635. The Kier molecular flexibility index (Phi) is 4.19. The van der Waals surface area contributed by atoms with Crippen molar-refractivity contribution < 1.29 is 9.94 Å². The van der Waals surface area contributed by atoms with Gasteiger partial charge in [0.05, 0.1) is 28.6 Å². The molecule has 0 atom stereocenters. The molecule has 0 amide bonds. The van der Waals surface area contributed by atoms with Gasteiger partial charge in [-0.25, -0.2) is 9.97 Å². The first-order chi connectivity index (χ1) is 12.8. The summed E-state index contributed by atoms with van der Waals surface area (Å²) in [5, 5.41) is 14.3. The van der Waals surface area contributed by atoms with Crippen molar-refractivity contribution in [3.05, 3.63) is 77.6 Å². The Hall–Kier alpha value is -3.47. The Labute approximate surface area is 150 Å². The number of oxime groups is 1. The number of benzene rings is 3. The predicted molar refractivity (Wildman–Crippen MR) is 102 cm³/mol. The maximum atomic E-state index is 9.04. The van der Waals surface area contributed by atoms with Crippen LogP contribution in [0.3, 0.4) is 0 Å². The van der Waals surface area contributed by atoms with E-state index in [-0.39, 0.29) is 6.61 Å². The highest BCUT2D eigenvalue weighted by Crippen LogP contribution is 2.27. The highest BCUT2D eigenvalue weighted by molar-refractivity contribution is 6.02. The van der Waals surface area contributed by atoms with E-state index in [2.05, 4.69) is 15.1 Å². The molecule has 3 aromatic carbocycles. The number of hydrogen-bond donors (Lipinski definition) is 1. The van der Waals surface area contributed by atoms with Crippen molar-refractivity contribution >= 4 is 28.0 Å². The van der Waals surface area contributed by atoms with Crippen molar-refractivity contribution in [2.24, 2.45) is 5.16 Å². The van der Waals surface area contributed by atoms with Crippen LogP contribution in [0.5, 0.6) is 5.75 Å². The molecule has 0 unspecified atom stereocenters. The highest BCUT2D eigenvalue weighted by Gasteiger charge is 2.10. The van der Waals surface area contributed by atoms with Gasteiger partial charge in [-0.15, -0.1) is 0 Å². The summed E-state index contributed by atoms with van der Waals surface area (Å²) in [5.41, 5.74) is 4.06. The lowest BCUT2D eigenvalue weighted by Crippen LogP contribution is -2.05. The van der Waals surface area contributed by atoms with Gasteiger partial charge in [-0.3, -0.25) is 0 Å². The molecule has 4 rings (SSSR count). The molecule has 0 bridgehead atoms. The summed E-state index contributed by atoms with van der Waals surface area (Å²) in [7, 11) is 0. The summed E-state index contributed by atoms with van der Waals surface area (Å²) in [6.07, 6.45) is 1.40. The van der Waals surface area contributed by atoms with E-state index in [0.29, 0.717) is 5.75 Å². The lowest BCUT2D eigenvalue weighted by molar-refractivity contribution is 0.299. The molecule has 0 fully saturated rings. The van der Waals surface area contributed by atoms with Gasteiger partial charge in [-0.2, -0.15) is 0 Å². The first-order valence-corrected chi connectivity index (χ1v) is 8.30. The smallest absolute Gasteiger partial charge is 0.132 e. The number of ether oxygens (including phenoxy) is 1. The predicted octanol–water partition coefficient (Wildman–Crippen LogP) is 4.48. The molecule has 0 saturated carbocycles. The third kappa shape index (κ3) is 2.95. The molecule has 0 aliphatic heterocycles. The molecule has 0 radical (unpaired) electrons. The van der Waals surface area contributed by atoms with Crippen LogP contribution in [-0.4, -0.2) is 21.4 Å². The maximum absolute atomic E-state index is 9.04. The van der Waals surface area contributed by atoms with Crippen LogP contribution in [0.15, 0.2) is 65.8 Å². The van der Waals surface area contributed by atoms with Gasteiger partial charge in [0.25, 0.3) is 0 Å². The summed E-state index contributed by atoms with van der Waals surface area (Å²) in [4.78, 5) is 9.25. The van der Waals surface area contributed by atoms with Crippen LogP contribution in [0.2, 0.25) is 0 Å². The first kappa shape index (κ1) is 16.0. The first-order valence-electron chi connectivity index (χ1n) is 8.30. The van der Waals surface area contributed by atoms with E-state index in [1.54, 1.807) is 0 Å². The van der Waals surface area contributed by atoms with Gasteiger partial charge < -0.3 is 9.94 Å². The summed E-state index contributed by atoms with van der Waals surface area (Å²) in [6.45, 7) is 2.21. The molecular formula is C21H17N3O2. The SMILES string of the molecule is Cc1nc2ccccc2nc1COc1ccc2ccccc2c1C=NO. The van der Waals surface area contributed by atoms with E-state index in [0.717, 1.165) is 38.8 Å². The molecule has 5 heteroatoms. The summed E-state index contributed by atoms with van der Waals surface area (Å²) >= 11 is 0. The second kappa shape index (κ2) is 6.80. The van der Waals surface area contributed by atoms with Crippen LogP contribution in [0.25, 0.3) is 21.8 Å². The zero-order chi connectivity index (χ0) is 17.9. The molecular weight excluding hydrogens is 326 g/mol. The van der Waals surface area contributed by atoms with E-state index in [1.807, 2.05) is 67.6 Å². The molecule has 0 spiro atoms. The molecule has 0 aliphatic rings. The van der Waals surface area contributed by atoms with Crippen LogP contribution in [0, 0.1) is 6.92 Å². The van der Waals surface area contributed by atoms with Gasteiger partial charge in [-0.05, 0) is 35.9 Å². The third-order valence-electron chi connectivity index (χ3n) is 4.32. The number of aromatic nitrogens is 2. The Morgan fingerprint density at radius 2 is 1.69 bits per heavy atom. The molecule has 128 valence electrons. The quantitative estimate of drug-likeness (QED) is 0.337. The number of nitrogens with zero attached hydrogens (tertiary/aromatic N) is 3. The topological polar surface area (TPSA) is 67.6 Å². The fourth-order valence-electron chi connectivity index (χ4n) is 3.00. The fourth-order valence-corrected chi connectivity index (χ4v) is 3.00. The van der Waals surface area contributed by atoms with Crippen molar-refractivity contribution in [1.29, 1.82) is 0 Å². The average molecular weight is 343 g/mol. The van der Waals surface area contributed by atoms with Crippen molar-refractivity contribution in [3.8, 4) is 5.75 Å². The van der Waals surface area contributed by atoms with Gasteiger partial charge in [0.2, 0.25) is 0 Å². The largest absolute Gasteiger partial charge is 0.487 e. The highest BCUT2D eigenvalue weighted by atomic mass is 16.5. The second-order valence-electron chi connectivity index (χ2n) is 5.98. The molecule has 0 saturated heterocycles. The molecule has 4 aromatic rings. The summed E-state index contributed by atoms with van der Waals surface area (Å²) < 4.78 is 6.01. The van der Waals surface area contributed by atoms with Gasteiger partial charge in [0, 0.05) is 5.56 Å². The zero-order valence-electron chi connectivity index (χ0n) is 14.3. The van der Waals surface area contributed by atoms with Crippen LogP contribution >= 0.6 is 0 Å². The molecule has 1 aromatic heterocycles. The lowest BCUT2D eigenvalue weighted by atomic mass is 10.0. The molecule has 1 N–H and O–H groups in total. The number of para-hydroxylation sites is 2. The Balaban J connectivity index is 1.70. The van der Waals surface area contributed by atoms with Crippen molar-refractivity contribution in [1.82, 2.24) is 9.97 Å². The van der Waals surface area contributed by atoms with Gasteiger partial charge in [-0.1, -0.05) is 47.6 Å². The number of fused-ring (bicyclic) bond motifs is 2. The second-order valence-corrected chi connectivity index (χ2v) is 5.98. The van der Waals surface area contributed by atoms with E-state index in [9.17, 15) is 0 Å². The van der Waals surface area contributed by atoms with E-state index in [4.69, 9.17) is 9.94 Å². The monoisotopic (exact) mass is 343 g/mol. The number of rotatable bonds is 4. The Bertz CT molecular complexity index is 1120. The van der Waals surface area contributed by atoms with E-state index in [1.165, 1.54) is 6.21 Å². The molecule has 26 heavy (non-hydrogen) atoms. The zero-order valence-corrected chi connectivity index (χ0v) is 14.3. The number of aryl methyl sites for hydroxylation is 1. The standard InChI is InChI=1S/C21H17N3O2/c1-14-20(24-19-9-5-4-8-18(19)23-14)13-26-21-11-10-15-6-2-3-7-16(15)17(21)12-22-25/h2-12,25H,13H2,1H3. The lowest BCUT2D eigenvalue weighted by Gasteiger charge is -2.12. The third-order valence-corrected chi connectivity index (χ3v) is 4.32. The van der Waals surface area contributed by atoms with Gasteiger partial charge >= 0.3 is 0 Å². The van der Waals surface area contributed by atoms with E-state index >= 15 is 0 Å². The molecule has 1 heterocycles. The van der Waals surface area contributed by atoms with E-state index < -0.39 is 0 Å². The summed E-state index contributed by atoms with van der Waals surface area (Å²) in [6, 6.07) is 19.5. The van der Waals surface area contributed by atoms with Gasteiger partial charge in [0.1, 0.15) is 12.4 Å². The Morgan fingerprint density at radius 3 is 2.50 bits per heavy atom.